The molecule has 1 heterocycles. The molecule has 2 atom stereocenters. The molecule has 0 radical (unpaired) electrons. The summed E-state index contributed by atoms with van der Waals surface area (Å²) in [4.78, 5) is 13.7. The lowest BCUT2D eigenvalue weighted by Gasteiger charge is -2.29. The van der Waals surface area contributed by atoms with E-state index in [1.807, 2.05) is 25.7 Å². The first-order valence-electron chi connectivity index (χ1n) is 5.33. The fraction of sp³-hybridized carbons (Fsp3) is 0.909. The fourth-order valence-corrected chi connectivity index (χ4v) is 2.34. The molecule has 1 aliphatic carbocycles. The molecule has 0 spiro atoms. The molecular weight excluding hydrogens is 178 g/mol. The highest BCUT2D eigenvalue weighted by Crippen LogP contribution is 2.55. The van der Waals surface area contributed by atoms with Crippen molar-refractivity contribution in [2.24, 2.45) is 5.92 Å². The van der Waals surface area contributed by atoms with Gasteiger partial charge in [-0.2, -0.15) is 0 Å². The van der Waals surface area contributed by atoms with Crippen LogP contribution in [0.1, 0.15) is 40.5 Å². The third-order valence-electron chi connectivity index (χ3n) is 3.31. The van der Waals surface area contributed by atoms with Crippen LogP contribution >= 0.6 is 0 Å². The Labute approximate surface area is 85.4 Å². The van der Waals surface area contributed by atoms with Gasteiger partial charge in [0.05, 0.1) is 0 Å². The van der Waals surface area contributed by atoms with Gasteiger partial charge in [-0.3, -0.25) is 0 Å². The van der Waals surface area contributed by atoms with E-state index < -0.39 is 0 Å². The monoisotopic (exact) mass is 197 g/mol. The molecule has 14 heavy (non-hydrogen) atoms. The number of rotatable bonds is 0. The first kappa shape index (κ1) is 9.81. The van der Waals surface area contributed by atoms with Crippen LogP contribution in [0, 0.1) is 5.92 Å². The summed E-state index contributed by atoms with van der Waals surface area (Å²) in [6, 6.07) is 0. The van der Waals surface area contributed by atoms with Crippen LogP contribution in [0.2, 0.25) is 0 Å². The first-order valence-corrected chi connectivity index (χ1v) is 5.33. The largest absolute Gasteiger partial charge is 0.444 e. The summed E-state index contributed by atoms with van der Waals surface area (Å²) < 4.78 is 5.37. The zero-order valence-corrected chi connectivity index (χ0v) is 9.46. The minimum Gasteiger partial charge on any atom is -0.444 e. The van der Waals surface area contributed by atoms with Crippen LogP contribution < -0.4 is 0 Å². The number of carbonyl (C=O) groups is 1. The summed E-state index contributed by atoms with van der Waals surface area (Å²) in [6.07, 6.45) is 2.17. The number of hydrogen-bond donors (Lipinski definition) is 0. The molecule has 2 fully saturated rings. The van der Waals surface area contributed by atoms with E-state index in [-0.39, 0.29) is 17.2 Å². The van der Waals surface area contributed by atoms with Gasteiger partial charge in [-0.1, -0.05) is 0 Å². The predicted octanol–water partition coefficient (Wildman–Crippen LogP) is 2.41. The highest BCUT2D eigenvalue weighted by atomic mass is 16.6. The van der Waals surface area contributed by atoms with Crippen molar-refractivity contribution in [3.63, 3.8) is 0 Å². The minimum absolute atomic E-state index is 0.127. The Hall–Kier alpha value is -0.730. The highest BCUT2D eigenvalue weighted by molar-refractivity contribution is 5.70. The Kier molecular flexibility index (Phi) is 1.85. The van der Waals surface area contributed by atoms with Gasteiger partial charge in [0.25, 0.3) is 0 Å². The third-order valence-corrected chi connectivity index (χ3v) is 3.31. The Morgan fingerprint density at radius 2 is 2.14 bits per heavy atom. The fourth-order valence-electron chi connectivity index (χ4n) is 2.34. The molecule has 0 N–H and O–H groups in total. The number of nitrogens with zero attached hydrogens (tertiary/aromatic N) is 1. The summed E-state index contributed by atoms with van der Waals surface area (Å²) in [5.74, 6) is 0.731. The van der Waals surface area contributed by atoms with Crippen molar-refractivity contribution in [3.8, 4) is 0 Å². The van der Waals surface area contributed by atoms with Gasteiger partial charge in [0.1, 0.15) is 5.60 Å². The predicted molar refractivity (Wildman–Crippen MR) is 54.1 cm³/mol. The van der Waals surface area contributed by atoms with Gasteiger partial charge in [0.2, 0.25) is 0 Å². The van der Waals surface area contributed by atoms with Crippen LogP contribution in [0.25, 0.3) is 0 Å². The van der Waals surface area contributed by atoms with Crippen LogP contribution in [0.4, 0.5) is 4.79 Å². The van der Waals surface area contributed by atoms with E-state index in [2.05, 4.69) is 6.92 Å². The number of hydrogen-bond acceptors (Lipinski definition) is 2. The van der Waals surface area contributed by atoms with Crippen LogP contribution in [0.3, 0.4) is 0 Å². The molecule has 0 aromatic carbocycles. The maximum absolute atomic E-state index is 11.8. The van der Waals surface area contributed by atoms with Gasteiger partial charge < -0.3 is 9.64 Å². The van der Waals surface area contributed by atoms with E-state index in [0.717, 1.165) is 25.3 Å². The molecular formula is C11H19NO2. The number of carbonyl (C=O) groups excluding carboxylic acids is 1. The number of likely N-dealkylation sites (tertiary alicyclic amines) is 1. The van der Waals surface area contributed by atoms with Crippen molar-refractivity contribution in [1.82, 2.24) is 4.90 Å². The average molecular weight is 197 g/mol. The van der Waals surface area contributed by atoms with E-state index >= 15 is 0 Å². The molecule has 1 amide bonds. The molecule has 1 saturated heterocycles. The molecule has 80 valence electrons. The molecule has 2 aliphatic rings. The van der Waals surface area contributed by atoms with E-state index in [0.29, 0.717) is 0 Å². The van der Waals surface area contributed by atoms with E-state index in [4.69, 9.17) is 4.74 Å². The summed E-state index contributed by atoms with van der Waals surface area (Å²) in [7, 11) is 0. The second-order valence-corrected chi connectivity index (χ2v) is 5.68. The van der Waals surface area contributed by atoms with Gasteiger partial charge in [0, 0.05) is 12.1 Å². The maximum atomic E-state index is 11.8. The smallest absolute Gasteiger partial charge is 0.410 e. The van der Waals surface area contributed by atoms with Crippen molar-refractivity contribution in [2.45, 2.75) is 51.7 Å². The number of fused-ring (bicyclic) bond motifs is 1. The molecule has 3 heteroatoms. The van der Waals surface area contributed by atoms with Gasteiger partial charge in [-0.25, -0.2) is 4.79 Å². The Morgan fingerprint density at radius 1 is 1.50 bits per heavy atom. The zero-order chi connectivity index (χ0) is 10.6. The highest BCUT2D eigenvalue weighted by Gasteiger charge is 2.60. The number of ether oxygens (including phenoxy) is 1. The van der Waals surface area contributed by atoms with Gasteiger partial charge >= 0.3 is 6.09 Å². The van der Waals surface area contributed by atoms with Crippen molar-refractivity contribution in [1.29, 1.82) is 0 Å². The molecule has 2 unspecified atom stereocenters. The standard InChI is InChI=1S/C11H19NO2/c1-10(2,3)14-9(13)12-6-5-8-7-11(8,12)4/h8H,5-7H2,1-4H3. The quantitative estimate of drug-likeness (QED) is 0.597. The lowest BCUT2D eigenvalue weighted by Crippen LogP contribution is -2.41. The van der Waals surface area contributed by atoms with Gasteiger partial charge in [-0.15, -0.1) is 0 Å². The minimum atomic E-state index is -0.375. The van der Waals surface area contributed by atoms with Crippen molar-refractivity contribution >= 4 is 6.09 Å². The van der Waals surface area contributed by atoms with Gasteiger partial charge in [-0.05, 0) is 46.5 Å². The molecule has 0 bridgehead atoms. The summed E-state index contributed by atoms with van der Waals surface area (Å²) >= 11 is 0. The third kappa shape index (κ3) is 1.49. The molecule has 0 aromatic rings. The first-order chi connectivity index (χ1) is 6.33. The van der Waals surface area contributed by atoms with Crippen molar-refractivity contribution in [2.75, 3.05) is 6.54 Å². The van der Waals surface area contributed by atoms with E-state index in [1.54, 1.807) is 0 Å². The molecule has 1 aliphatic heterocycles. The topological polar surface area (TPSA) is 29.5 Å². The second-order valence-electron chi connectivity index (χ2n) is 5.68. The zero-order valence-electron chi connectivity index (χ0n) is 9.46. The Morgan fingerprint density at radius 3 is 2.50 bits per heavy atom. The summed E-state index contributed by atoms with van der Waals surface area (Å²) in [6.45, 7) is 8.76. The van der Waals surface area contributed by atoms with E-state index in [1.165, 1.54) is 0 Å². The Bertz CT molecular complexity index is 267. The average Bonchev–Trinajstić information content (AvgIpc) is 2.50. The molecule has 1 saturated carbocycles. The number of amides is 1. The lowest BCUT2D eigenvalue weighted by molar-refractivity contribution is 0.0192. The van der Waals surface area contributed by atoms with Crippen molar-refractivity contribution in [3.05, 3.63) is 0 Å². The van der Waals surface area contributed by atoms with Gasteiger partial charge in [0.15, 0.2) is 0 Å². The van der Waals surface area contributed by atoms with Crippen LogP contribution in [0.5, 0.6) is 0 Å². The second kappa shape index (κ2) is 2.65. The van der Waals surface area contributed by atoms with Crippen molar-refractivity contribution < 1.29 is 9.53 Å². The number of piperidine rings is 1. The van der Waals surface area contributed by atoms with Crippen LogP contribution in [0.15, 0.2) is 0 Å². The lowest BCUT2D eigenvalue weighted by atomic mass is 10.2. The van der Waals surface area contributed by atoms with E-state index in [9.17, 15) is 4.79 Å². The normalized spacial score (nSPS) is 35.4. The summed E-state index contributed by atoms with van der Waals surface area (Å²) in [5, 5.41) is 0. The molecule has 0 aromatic heterocycles. The SMILES string of the molecule is CC(C)(C)OC(=O)N1CCC2CC21C. The molecule has 2 rings (SSSR count). The summed E-state index contributed by atoms with van der Waals surface area (Å²) in [5.41, 5.74) is -0.247. The Balaban J connectivity index is 1.99. The molecule has 3 nitrogen and oxygen atoms in total. The van der Waals surface area contributed by atoms with Crippen LogP contribution in [-0.2, 0) is 4.74 Å². The van der Waals surface area contributed by atoms with Crippen LogP contribution in [-0.4, -0.2) is 28.7 Å². The maximum Gasteiger partial charge on any atom is 0.410 e.